The van der Waals surface area contributed by atoms with Crippen molar-refractivity contribution in [3.05, 3.63) is 48.5 Å². The standard InChI is InChI=1S/C19H23N3O4S/c1-15(23)20-16-4-3-5-17(14-16)21-10-12-22(13-11-21)27(24,25)19-8-6-18(26-2)7-9-19/h3-9,14H,10-13H2,1-2H3,(H,20,23). The molecule has 1 heterocycles. The summed E-state index contributed by atoms with van der Waals surface area (Å²) in [7, 11) is -1.98. The number of anilines is 2. The van der Waals surface area contributed by atoms with Gasteiger partial charge in [-0.2, -0.15) is 4.31 Å². The van der Waals surface area contributed by atoms with E-state index in [0.717, 1.165) is 11.4 Å². The number of rotatable bonds is 5. The number of nitrogens with one attached hydrogen (secondary N) is 1. The molecule has 144 valence electrons. The van der Waals surface area contributed by atoms with Crippen molar-refractivity contribution < 1.29 is 17.9 Å². The zero-order valence-corrected chi connectivity index (χ0v) is 16.2. The number of piperazine rings is 1. The molecule has 1 amide bonds. The second kappa shape index (κ2) is 7.98. The minimum Gasteiger partial charge on any atom is -0.497 e. The predicted octanol–water partition coefficient (Wildman–Crippen LogP) is 2.16. The van der Waals surface area contributed by atoms with E-state index in [2.05, 4.69) is 10.2 Å². The molecule has 8 heteroatoms. The lowest BCUT2D eigenvalue weighted by atomic mass is 10.2. The largest absolute Gasteiger partial charge is 0.497 e. The van der Waals surface area contributed by atoms with Gasteiger partial charge in [0.1, 0.15) is 5.75 Å². The number of carbonyl (C=O) groups is 1. The summed E-state index contributed by atoms with van der Waals surface area (Å²) in [5, 5.41) is 2.77. The van der Waals surface area contributed by atoms with Crippen molar-refractivity contribution in [2.24, 2.45) is 0 Å². The molecule has 0 bridgehead atoms. The van der Waals surface area contributed by atoms with Crippen LogP contribution in [0.1, 0.15) is 6.92 Å². The predicted molar refractivity (Wildman–Crippen MR) is 105 cm³/mol. The highest BCUT2D eigenvalue weighted by Gasteiger charge is 2.28. The molecule has 3 rings (SSSR count). The first kappa shape index (κ1) is 19.2. The van der Waals surface area contributed by atoms with Gasteiger partial charge in [0.05, 0.1) is 12.0 Å². The highest BCUT2D eigenvalue weighted by Crippen LogP contribution is 2.24. The van der Waals surface area contributed by atoms with Gasteiger partial charge in [-0.15, -0.1) is 0 Å². The van der Waals surface area contributed by atoms with Crippen LogP contribution in [-0.4, -0.2) is 51.9 Å². The van der Waals surface area contributed by atoms with E-state index in [1.54, 1.807) is 31.4 Å². The van der Waals surface area contributed by atoms with Gasteiger partial charge in [0, 0.05) is 44.5 Å². The van der Waals surface area contributed by atoms with E-state index in [4.69, 9.17) is 4.74 Å². The minimum absolute atomic E-state index is 0.123. The summed E-state index contributed by atoms with van der Waals surface area (Å²) < 4.78 is 32.2. The number of methoxy groups -OCH3 is 1. The second-order valence-corrected chi connectivity index (χ2v) is 8.24. The van der Waals surface area contributed by atoms with E-state index >= 15 is 0 Å². The first-order chi connectivity index (χ1) is 12.9. The SMILES string of the molecule is COc1ccc(S(=O)(=O)N2CCN(c3cccc(NC(C)=O)c3)CC2)cc1. The summed E-state index contributed by atoms with van der Waals surface area (Å²) in [5.74, 6) is 0.500. The summed E-state index contributed by atoms with van der Waals surface area (Å²) >= 11 is 0. The van der Waals surface area contributed by atoms with Crippen LogP contribution < -0.4 is 15.0 Å². The topological polar surface area (TPSA) is 79.0 Å². The first-order valence-electron chi connectivity index (χ1n) is 8.67. The van der Waals surface area contributed by atoms with Crippen LogP contribution in [-0.2, 0) is 14.8 Å². The first-order valence-corrected chi connectivity index (χ1v) is 10.1. The van der Waals surface area contributed by atoms with Crippen LogP contribution in [0.2, 0.25) is 0 Å². The second-order valence-electron chi connectivity index (χ2n) is 6.30. The molecular weight excluding hydrogens is 366 g/mol. The Morgan fingerprint density at radius 1 is 1.04 bits per heavy atom. The summed E-state index contributed by atoms with van der Waals surface area (Å²) in [5.41, 5.74) is 1.69. The zero-order valence-electron chi connectivity index (χ0n) is 15.4. The van der Waals surface area contributed by atoms with Gasteiger partial charge in [-0.05, 0) is 42.5 Å². The minimum atomic E-state index is -3.52. The Morgan fingerprint density at radius 2 is 1.70 bits per heavy atom. The van der Waals surface area contributed by atoms with E-state index in [1.807, 2.05) is 24.3 Å². The van der Waals surface area contributed by atoms with Crippen LogP contribution in [0.15, 0.2) is 53.4 Å². The molecular formula is C19H23N3O4S. The Morgan fingerprint density at radius 3 is 2.30 bits per heavy atom. The maximum absolute atomic E-state index is 12.8. The smallest absolute Gasteiger partial charge is 0.243 e. The highest BCUT2D eigenvalue weighted by molar-refractivity contribution is 7.89. The van der Waals surface area contributed by atoms with Crippen LogP contribution in [0.5, 0.6) is 5.75 Å². The molecule has 1 fully saturated rings. The molecule has 1 aliphatic rings. The van der Waals surface area contributed by atoms with Crippen molar-refractivity contribution in [2.75, 3.05) is 43.5 Å². The molecule has 7 nitrogen and oxygen atoms in total. The molecule has 0 spiro atoms. The van der Waals surface area contributed by atoms with Crippen molar-refractivity contribution in [2.45, 2.75) is 11.8 Å². The van der Waals surface area contributed by atoms with E-state index in [9.17, 15) is 13.2 Å². The van der Waals surface area contributed by atoms with Gasteiger partial charge in [-0.1, -0.05) is 6.07 Å². The number of hydrogen-bond donors (Lipinski definition) is 1. The van der Waals surface area contributed by atoms with Crippen molar-refractivity contribution >= 4 is 27.3 Å². The molecule has 1 N–H and O–H groups in total. The average molecular weight is 389 g/mol. The number of ether oxygens (including phenoxy) is 1. The fourth-order valence-corrected chi connectivity index (χ4v) is 4.49. The third kappa shape index (κ3) is 4.40. The number of sulfonamides is 1. The third-order valence-corrected chi connectivity index (χ3v) is 6.38. The molecule has 0 aliphatic carbocycles. The maximum atomic E-state index is 12.8. The molecule has 0 saturated carbocycles. The Bertz CT molecular complexity index is 905. The molecule has 0 radical (unpaired) electrons. The lowest BCUT2D eigenvalue weighted by Crippen LogP contribution is -2.48. The van der Waals surface area contributed by atoms with E-state index in [0.29, 0.717) is 31.9 Å². The van der Waals surface area contributed by atoms with Gasteiger partial charge in [0.15, 0.2) is 0 Å². The molecule has 0 atom stereocenters. The van der Waals surface area contributed by atoms with E-state index in [-0.39, 0.29) is 10.8 Å². The molecule has 1 aliphatic heterocycles. The zero-order chi connectivity index (χ0) is 19.4. The average Bonchev–Trinajstić information content (AvgIpc) is 2.68. The maximum Gasteiger partial charge on any atom is 0.243 e. The number of benzene rings is 2. The number of carbonyl (C=O) groups excluding carboxylic acids is 1. The van der Waals surface area contributed by atoms with Gasteiger partial charge >= 0.3 is 0 Å². The number of hydrogen-bond acceptors (Lipinski definition) is 5. The Hall–Kier alpha value is -2.58. The van der Waals surface area contributed by atoms with Crippen LogP contribution in [0, 0.1) is 0 Å². The normalized spacial score (nSPS) is 15.4. The molecule has 1 saturated heterocycles. The molecule has 27 heavy (non-hydrogen) atoms. The monoisotopic (exact) mass is 389 g/mol. The summed E-state index contributed by atoms with van der Waals surface area (Å²) in [6.07, 6.45) is 0. The van der Waals surface area contributed by atoms with Crippen LogP contribution in [0.25, 0.3) is 0 Å². The third-order valence-electron chi connectivity index (χ3n) is 4.47. The van der Waals surface area contributed by atoms with Crippen LogP contribution in [0.4, 0.5) is 11.4 Å². The fourth-order valence-electron chi connectivity index (χ4n) is 3.07. The molecule has 0 unspecified atom stereocenters. The van der Waals surface area contributed by atoms with Crippen LogP contribution in [0.3, 0.4) is 0 Å². The molecule has 0 aromatic heterocycles. The molecule has 2 aromatic rings. The summed E-state index contributed by atoms with van der Waals surface area (Å²) in [6.45, 7) is 3.44. The lowest BCUT2D eigenvalue weighted by Gasteiger charge is -2.35. The lowest BCUT2D eigenvalue weighted by molar-refractivity contribution is -0.114. The summed E-state index contributed by atoms with van der Waals surface area (Å²) in [4.78, 5) is 13.6. The molecule has 2 aromatic carbocycles. The van der Waals surface area contributed by atoms with Gasteiger partial charge in [-0.25, -0.2) is 8.42 Å². The van der Waals surface area contributed by atoms with Crippen molar-refractivity contribution in [3.63, 3.8) is 0 Å². The Balaban J connectivity index is 1.68. The van der Waals surface area contributed by atoms with Crippen molar-refractivity contribution in [1.82, 2.24) is 4.31 Å². The Labute approximate surface area is 159 Å². The van der Waals surface area contributed by atoms with Gasteiger partial charge in [-0.3, -0.25) is 4.79 Å². The van der Waals surface area contributed by atoms with Gasteiger partial charge < -0.3 is 15.0 Å². The van der Waals surface area contributed by atoms with E-state index < -0.39 is 10.0 Å². The number of amides is 1. The van der Waals surface area contributed by atoms with Gasteiger partial charge in [0.2, 0.25) is 15.9 Å². The van der Waals surface area contributed by atoms with Gasteiger partial charge in [0.25, 0.3) is 0 Å². The van der Waals surface area contributed by atoms with Crippen molar-refractivity contribution in [3.8, 4) is 5.75 Å². The van der Waals surface area contributed by atoms with E-state index in [1.165, 1.54) is 11.2 Å². The summed E-state index contributed by atoms with van der Waals surface area (Å²) in [6, 6.07) is 14.0. The number of nitrogens with zero attached hydrogens (tertiary/aromatic N) is 2. The quantitative estimate of drug-likeness (QED) is 0.848. The fraction of sp³-hybridized carbons (Fsp3) is 0.316. The Kier molecular flexibility index (Phi) is 5.67. The van der Waals surface area contributed by atoms with Crippen molar-refractivity contribution in [1.29, 1.82) is 0 Å². The highest BCUT2D eigenvalue weighted by atomic mass is 32.2. The van der Waals surface area contributed by atoms with Crippen LogP contribution >= 0.6 is 0 Å².